The molecule has 1 N–H and O–H groups in total. The minimum absolute atomic E-state index is 0.556. The monoisotopic (exact) mass is 219 g/mol. The predicted octanol–water partition coefficient (Wildman–Crippen LogP) is 0.794. The Balaban J connectivity index is 1.85. The van der Waals surface area contributed by atoms with Crippen molar-refractivity contribution in [1.29, 1.82) is 0 Å². The molecule has 0 saturated carbocycles. The zero-order valence-corrected chi connectivity index (χ0v) is 9.00. The average molecular weight is 219 g/mol. The van der Waals surface area contributed by atoms with E-state index in [2.05, 4.69) is 20.3 Å². The summed E-state index contributed by atoms with van der Waals surface area (Å²) in [5.74, 6) is 1.12. The Hall–Kier alpha value is -2.11. The van der Waals surface area contributed by atoms with Gasteiger partial charge in [0.25, 0.3) is 0 Å². The van der Waals surface area contributed by atoms with Gasteiger partial charge >= 0.3 is 0 Å². The highest BCUT2D eigenvalue weighted by Gasteiger charge is 1.97. The number of hydrogen-bond donors (Lipinski definition) is 1. The van der Waals surface area contributed by atoms with Crippen LogP contribution in [0.4, 0.5) is 5.95 Å². The SMILES string of the molecule is COc1ccnc(NCCn2ccnc2)n1. The van der Waals surface area contributed by atoms with Crippen LogP contribution in [-0.4, -0.2) is 33.2 Å². The second-order valence-corrected chi connectivity index (χ2v) is 3.15. The number of rotatable bonds is 5. The number of anilines is 1. The summed E-state index contributed by atoms with van der Waals surface area (Å²) in [6.45, 7) is 1.56. The molecule has 2 aromatic rings. The number of hydrogen-bond acceptors (Lipinski definition) is 5. The summed E-state index contributed by atoms with van der Waals surface area (Å²) in [4.78, 5) is 12.2. The van der Waals surface area contributed by atoms with E-state index in [9.17, 15) is 0 Å². The normalized spacial score (nSPS) is 10.1. The molecule has 16 heavy (non-hydrogen) atoms. The highest BCUT2D eigenvalue weighted by molar-refractivity contribution is 5.26. The summed E-state index contributed by atoms with van der Waals surface area (Å²) in [6.07, 6.45) is 7.09. The maximum atomic E-state index is 5.00. The Morgan fingerprint density at radius 1 is 1.44 bits per heavy atom. The molecule has 0 bridgehead atoms. The first-order valence-electron chi connectivity index (χ1n) is 4.95. The Labute approximate surface area is 93.3 Å². The van der Waals surface area contributed by atoms with E-state index in [4.69, 9.17) is 4.74 Å². The quantitative estimate of drug-likeness (QED) is 0.805. The smallest absolute Gasteiger partial charge is 0.226 e. The Bertz CT molecular complexity index is 429. The highest BCUT2D eigenvalue weighted by atomic mass is 16.5. The molecule has 0 atom stereocenters. The molecule has 0 aliphatic rings. The topological polar surface area (TPSA) is 64.9 Å². The predicted molar refractivity (Wildman–Crippen MR) is 59.3 cm³/mol. The standard InChI is InChI=1S/C10H13N5O/c1-16-9-2-3-12-10(14-9)13-5-7-15-6-4-11-8-15/h2-4,6,8H,5,7H2,1H3,(H,12,13,14). The van der Waals surface area contributed by atoms with Crippen LogP contribution in [0.2, 0.25) is 0 Å². The second-order valence-electron chi connectivity index (χ2n) is 3.15. The van der Waals surface area contributed by atoms with Gasteiger partial charge in [0.1, 0.15) is 0 Å². The van der Waals surface area contributed by atoms with Crippen LogP contribution in [0.5, 0.6) is 5.88 Å². The van der Waals surface area contributed by atoms with Crippen LogP contribution in [0.3, 0.4) is 0 Å². The number of nitrogens with one attached hydrogen (secondary N) is 1. The fraction of sp³-hybridized carbons (Fsp3) is 0.300. The van der Waals surface area contributed by atoms with E-state index < -0.39 is 0 Å². The molecule has 0 amide bonds. The first kappa shape index (κ1) is 10.4. The van der Waals surface area contributed by atoms with Crippen LogP contribution in [0.25, 0.3) is 0 Å². The van der Waals surface area contributed by atoms with Crippen molar-refractivity contribution in [3.8, 4) is 5.88 Å². The zero-order chi connectivity index (χ0) is 11.2. The molecule has 0 saturated heterocycles. The van der Waals surface area contributed by atoms with E-state index in [1.54, 1.807) is 31.9 Å². The van der Waals surface area contributed by atoms with Crippen LogP contribution in [0.15, 0.2) is 31.0 Å². The minimum atomic E-state index is 0.556. The van der Waals surface area contributed by atoms with E-state index in [-0.39, 0.29) is 0 Å². The second kappa shape index (κ2) is 5.11. The van der Waals surface area contributed by atoms with Gasteiger partial charge in [-0.2, -0.15) is 4.98 Å². The van der Waals surface area contributed by atoms with Crippen LogP contribution < -0.4 is 10.1 Å². The molecule has 0 fully saturated rings. The summed E-state index contributed by atoms with van der Waals surface area (Å²) in [5.41, 5.74) is 0. The fourth-order valence-corrected chi connectivity index (χ4v) is 1.26. The third-order valence-corrected chi connectivity index (χ3v) is 2.05. The molecule has 0 unspecified atom stereocenters. The Kier molecular flexibility index (Phi) is 3.32. The van der Waals surface area contributed by atoms with Crippen LogP contribution in [0, 0.1) is 0 Å². The van der Waals surface area contributed by atoms with Crippen molar-refractivity contribution in [1.82, 2.24) is 19.5 Å². The van der Waals surface area contributed by atoms with Crippen molar-refractivity contribution in [3.05, 3.63) is 31.0 Å². The molecule has 2 aromatic heterocycles. The van der Waals surface area contributed by atoms with E-state index in [0.717, 1.165) is 13.1 Å². The van der Waals surface area contributed by atoms with Gasteiger partial charge in [0.15, 0.2) is 0 Å². The third kappa shape index (κ3) is 2.69. The molecule has 0 aliphatic carbocycles. The summed E-state index contributed by atoms with van der Waals surface area (Å²) in [6, 6.07) is 1.71. The van der Waals surface area contributed by atoms with E-state index in [1.807, 2.05) is 10.8 Å². The van der Waals surface area contributed by atoms with Gasteiger partial charge < -0.3 is 14.6 Å². The van der Waals surface area contributed by atoms with Crippen molar-refractivity contribution in [2.75, 3.05) is 19.0 Å². The summed E-state index contributed by atoms with van der Waals surface area (Å²) in [5, 5.41) is 3.11. The molecule has 0 radical (unpaired) electrons. The molecule has 2 heterocycles. The van der Waals surface area contributed by atoms with Crippen molar-refractivity contribution in [2.45, 2.75) is 6.54 Å². The molecular weight excluding hydrogens is 206 g/mol. The Morgan fingerprint density at radius 2 is 2.38 bits per heavy atom. The summed E-state index contributed by atoms with van der Waals surface area (Å²) in [7, 11) is 1.58. The highest BCUT2D eigenvalue weighted by Crippen LogP contribution is 2.06. The molecule has 6 nitrogen and oxygen atoms in total. The van der Waals surface area contributed by atoms with E-state index in [1.165, 1.54) is 0 Å². The molecule has 0 spiro atoms. The van der Waals surface area contributed by atoms with Gasteiger partial charge in [-0.3, -0.25) is 0 Å². The van der Waals surface area contributed by atoms with Gasteiger partial charge in [-0.15, -0.1) is 0 Å². The number of imidazole rings is 1. The molecular formula is C10H13N5O. The summed E-state index contributed by atoms with van der Waals surface area (Å²) < 4.78 is 6.98. The Morgan fingerprint density at radius 3 is 3.12 bits per heavy atom. The third-order valence-electron chi connectivity index (χ3n) is 2.05. The lowest BCUT2D eigenvalue weighted by Gasteiger charge is -2.05. The van der Waals surface area contributed by atoms with Gasteiger partial charge in [-0.05, 0) is 0 Å². The first-order valence-corrected chi connectivity index (χ1v) is 4.95. The molecule has 0 aliphatic heterocycles. The number of nitrogens with zero attached hydrogens (tertiary/aromatic N) is 4. The molecule has 0 aromatic carbocycles. The molecule has 6 heteroatoms. The van der Waals surface area contributed by atoms with Crippen molar-refractivity contribution >= 4 is 5.95 Å². The molecule has 84 valence electrons. The van der Waals surface area contributed by atoms with Gasteiger partial charge in [0.2, 0.25) is 11.8 Å². The molecule has 2 rings (SSSR count). The van der Waals surface area contributed by atoms with E-state index >= 15 is 0 Å². The lowest BCUT2D eigenvalue weighted by Crippen LogP contribution is -2.11. The zero-order valence-electron chi connectivity index (χ0n) is 9.00. The maximum absolute atomic E-state index is 5.00. The summed E-state index contributed by atoms with van der Waals surface area (Å²) >= 11 is 0. The van der Waals surface area contributed by atoms with Crippen molar-refractivity contribution in [2.24, 2.45) is 0 Å². The maximum Gasteiger partial charge on any atom is 0.226 e. The average Bonchev–Trinajstić information content (AvgIpc) is 2.82. The van der Waals surface area contributed by atoms with Crippen LogP contribution in [-0.2, 0) is 6.54 Å². The van der Waals surface area contributed by atoms with Gasteiger partial charge in [-0.25, -0.2) is 9.97 Å². The minimum Gasteiger partial charge on any atom is -0.481 e. The lowest BCUT2D eigenvalue weighted by molar-refractivity contribution is 0.397. The fourth-order valence-electron chi connectivity index (χ4n) is 1.26. The lowest BCUT2D eigenvalue weighted by atomic mass is 10.6. The van der Waals surface area contributed by atoms with Gasteiger partial charge in [0.05, 0.1) is 13.4 Å². The van der Waals surface area contributed by atoms with E-state index in [0.29, 0.717) is 11.8 Å². The number of ether oxygens (including phenoxy) is 1. The van der Waals surface area contributed by atoms with Crippen LogP contribution >= 0.6 is 0 Å². The van der Waals surface area contributed by atoms with Crippen LogP contribution in [0.1, 0.15) is 0 Å². The number of aromatic nitrogens is 4. The van der Waals surface area contributed by atoms with Gasteiger partial charge in [0, 0.05) is 37.7 Å². The number of methoxy groups -OCH3 is 1. The van der Waals surface area contributed by atoms with Crippen molar-refractivity contribution in [3.63, 3.8) is 0 Å². The van der Waals surface area contributed by atoms with Crippen molar-refractivity contribution < 1.29 is 4.74 Å². The first-order chi connectivity index (χ1) is 7.88. The van der Waals surface area contributed by atoms with Gasteiger partial charge in [-0.1, -0.05) is 0 Å². The largest absolute Gasteiger partial charge is 0.481 e.